The summed E-state index contributed by atoms with van der Waals surface area (Å²) in [6.45, 7) is 0. The van der Waals surface area contributed by atoms with E-state index < -0.39 is 5.97 Å². The van der Waals surface area contributed by atoms with E-state index in [0.29, 0.717) is 0 Å². The topological polar surface area (TPSA) is 55.1 Å². The Labute approximate surface area is 136 Å². The number of benzene rings is 1. The predicted molar refractivity (Wildman–Crippen MR) is 90.9 cm³/mol. The van der Waals surface area contributed by atoms with E-state index in [4.69, 9.17) is 5.11 Å². The van der Waals surface area contributed by atoms with Crippen LogP contribution in [-0.4, -0.2) is 39.6 Å². The van der Waals surface area contributed by atoms with Gasteiger partial charge < -0.3 is 5.11 Å². The van der Waals surface area contributed by atoms with E-state index in [1.54, 1.807) is 53.1 Å². The lowest BCUT2D eigenvalue weighted by Crippen LogP contribution is -1.99. The largest absolute Gasteiger partial charge is 0.476 e. The van der Waals surface area contributed by atoms with Crippen LogP contribution in [0.2, 0.25) is 0 Å². The Hall–Kier alpha value is -1.05. The molecule has 2 rings (SSSR count). The van der Waals surface area contributed by atoms with Gasteiger partial charge in [0.2, 0.25) is 0 Å². The molecular formula is C14H16N2O2S3. The molecule has 0 aliphatic rings. The quantitative estimate of drug-likeness (QED) is 0.832. The maximum Gasteiger partial charge on any atom is 0.356 e. The second kappa shape index (κ2) is 6.81. The highest BCUT2D eigenvalue weighted by Gasteiger charge is 2.16. The standard InChI is InChI=1S/C14H16N2O2S3/c1-16-10(7-9(15-16)14(17)18)8-5-11(19-2)13(21-4)12(6-8)20-3/h5-7H,1-4H3,(H,17,18). The minimum Gasteiger partial charge on any atom is -0.476 e. The minimum absolute atomic E-state index is 0.0675. The van der Waals surface area contributed by atoms with E-state index in [-0.39, 0.29) is 5.69 Å². The molecule has 4 nitrogen and oxygen atoms in total. The molecule has 0 amide bonds. The SMILES string of the molecule is CSc1cc(-c2cc(C(=O)O)nn2C)cc(SC)c1SC. The van der Waals surface area contributed by atoms with Gasteiger partial charge in [0.15, 0.2) is 5.69 Å². The van der Waals surface area contributed by atoms with Gasteiger partial charge in [0, 0.05) is 27.3 Å². The molecular weight excluding hydrogens is 324 g/mol. The maximum atomic E-state index is 11.1. The molecule has 0 unspecified atom stereocenters. The number of nitrogens with zero attached hydrogens (tertiary/aromatic N) is 2. The van der Waals surface area contributed by atoms with Crippen LogP contribution in [-0.2, 0) is 7.05 Å². The molecule has 0 spiro atoms. The van der Waals surface area contributed by atoms with Gasteiger partial charge >= 0.3 is 5.97 Å². The Balaban J connectivity index is 2.61. The summed E-state index contributed by atoms with van der Waals surface area (Å²) in [6, 6.07) is 5.81. The maximum absolute atomic E-state index is 11.1. The summed E-state index contributed by atoms with van der Waals surface area (Å²) in [6.07, 6.45) is 6.17. The van der Waals surface area contributed by atoms with Crippen LogP contribution in [0.15, 0.2) is 32.9 Å². The lowest BCUT2D eigenvalue weighted by atomic mass is 10.1. The van der Waals surface area contributed by atoms with Crippen LogP contribution < -0.4 is 0 Å². The van der Waals surface area contributed by atoms with Crippen molar-refractivity contribution in [3.8, 4) is 11.3 Å². The van der Waals surface area contributed by atoms with E-state index in [0.717, 1.165) is 11.3 Å². The highest BCUT2D eigenvalue weighted by atomic mass is 32.2. The van der Waals surface area contributed by atoms with E-state index in [9.17, 15) is 4.79 Å². The molecule has 0 fully saturated rings. The van der Waals surface area contributed by atoms with Crippen LogP contribution in [0.1, 0.15) is 10.5 Å². The first-order valence-electron chi connectivity index (χ1n) is 6.09. The van der Waals surface area contributed by atoms with E-state index in [1.165, 1.54) is 14.7 Å². The number of hydrogen-bond acceptors (Lipinski definition) is 5. The lowest BCUT2D eigenvalue weighted by molar-refractivity contribution is 0.0689. The molecule has 0 atom stereocenters. The molecule has 2 aromatic rings. The summed E-state index contributed by atoms with van der Waals surface area (Å²) >= 11 is 5.13. The van der Waals surface area contributed by atoms with Crippen LogP contribution in [0, 0.1) is 0 Å². The Kier molecular flexibility index (Phi) is 5.29. The van der Waals surface area contributed by atoms with Crippen LogP contribution in [0.5, 0.6) is 0 Å². The average molecular weight is 340 g/mol. The van der Waals surface area contributed by atoms with Gasteiger partial charge in [0.05, 0.1) is 5.69 Å². The van der Waals surface area contributed by atoms with Gasteiger partial charge in [-0.3, -0.25) is 4.68 Å². The first kappa shape index (κ1) is 16.3. The van der Waals surface area contributed by atoms with Crippen molar-refractivity contribution in [3.05, 3.63) is 23.9 Å². The van der Waals surface area contributed by atoms with Gasteiger partial charge in [-0.2, -0.15) is 5.10 Å². The number of aromatic carboxylic acids is 1. The molecule has 1 N–H and O–H groups in total. The molecule has 21 heavy (non-hydrogen) atoms. The fourth-order valence-electron chi connectivity index (χ4n) is 2.07. The number of aromatic nitrogens is 2. The third-order valence-corrected chi connectivity index (χ3v) is 5.69. The predicted octanol–water partition coefficient (Wildman–Crippen LogP) is 3.95. The van der Waals surface area contributed by atoms with Crippen molar-refractivity contribution < 1.29 is 9.90 Å². The third kappa shape index (κ3) is 3.25. The minimum atomic E-state index is -1.01. The molecule has 0 saturated carbocycles. The third-order valence-electron chi connectivity index (χ3n) is 3.06. The molecule has 0 saturated heterocycles. The van der Waals surface area contributed by atoms with Gasteiger partial charge in [-0.05, 0) is 37.0 Å². The number of rotatable bonds is 5. The van der Waals surface area contributed by atoms with Gasteiger partial charge in [-0.1, -0.05) is 0 Å². The van der Waals surface area contributed by atoms with Crippen molar-refractivity contribution in [3.63, 3.8) is 0 Å². The van der Waals surface area contributed by atoms with Crippen molar-refractivity contribution >= 4 is 41.3 Å². The van der Waals surface area contributed by atoms with Crippen LogP contribution >= 0.6 is 35.3 Å². The molecule has 0 radical (unpaired) electrons. The lowest BCUT2D eigenvalue weighted by Gasteiger charge is -2.13. The zero-order valence-electron chi connectivity index (χ0n) is 12.2. The van der Waals surface area contributed by atoms with Crippen LogP contribution in [0.25, 0.3) is 11.3 Å². The Morgan fingerprint density at radius 3 is 2.05 bits per heavy atom. The fourth-order valence-corrected chi connectivity index (χ4v) is 4.74. The molecule has 1 aromatic carbocycles. The number of aryl methyl sites for hydroxylation is 1. The smallest absolute Gasteiger partial charge is 0.356 e. The molecule has 0 bridgehead atoms. The monoisotopic (exact) mass is 340 g/mol. The molecule has 7 heteroatoms. The summed E-state index contributed by atoms with van der Waals surface area (Å²) in [5.41, 5.74) is 1.87. The van der Waals surface area contributed by atoms with Gasteiger partial charge in [0.25, 0.3) is 0 Å². The van der Waals surface area contributed by atoms with Gasteiger partial charge in [0.1, 0.15) is 0 Å². The zero-order chi connectivity index (χ0) is 15.6. The van der Waals surface area contributed by atoms with Crippen LogP contribution in [0.4, 0.5) is 0 Å². The average Bonchev–Trinajstić information content (AvgIpc) is 2.87. The van der Waals surface area contributed by atoms with Gasteiger partial charge in [-0.25, -0.2) is 4.79 Å². The highest BCUT2D eigenvalue weighted by Crippen LogP contribution is 2.39. The van der Waals surface area contributed by atoms with Gasteiger partial charge in [-0.15, -0.1) is 35.3 Å². The van der Waals surface area contributed by atoms with Crippen molar-refractivity contribution in [2.75, 3.05) is 18.8 Å². The summed E-state index contributed by atoms with van der Waals surface area (Å²) < 4.78 is 1.62. The van der Waals surface area contributed by atoms with Crippen molar-refractivity contribution in [1.82, 2.24) is 9.78 Å². The number of carboxylic acid groups (broad SMARTS) is 1. The summed E-state index contributed by atoms with van der Waals surface area (Å²) in [5, 5.41) is 13.1. The molecule has 112 valence electrons. The highest BCUT2D eigenvalue weighted by molar-refractivity contribution is 8.03. The number of thioether (sulfide) groups is 3. The summed E-state index contributed by atoms with van der Waals surface area (Å²) in [7, 11) is 1.77. The Morgan fingerprint density at radius 1 is 1.10 bits per heavy atom. The normalized spacial score (nSPS) is 10.9. The first-order chi connectivity index (χ1) is 10.0. The number of hydrogen-bond donors (Lipinski definition) is 1. The van der Waals surface area contributed by atoms with Crippen molar-refractivity contribution in [2.45, 2.75) is 14.7 Å². The summed E-state index contributed by atoms with van der Waals surface area (Å²) in [4.78, 5) is 14.7. The summed E-state index contributed by atoms with van der Waals surface area (Å²) in [5.74, 6) is -1.01. The van der Waals surface area contributed by atoms with E-state index >= 15 is 0 Å². The van der Waals surface area contributed by atoms with Crippen LogP contribution in [0.3, 0.4) is 0 Å². The molecule has 0 aliphatic heterocycles. The Bertz CT molecular complexity index is 658. The zero-order valence-corrected chi connectivity index (χ0v) is 14.7. The first-order valence-corrected chi connectivity index (χ1v) is 9.77. The fraction of sp³-hybridized carbons (Fsp3) is 0.286. The number of carbonyl (C=O) groups is 1. The van der Waals surface area contributed by atoms with E-state index in [1.807, 2.05) is 0 Å². The second-order valence-electron chi connectivity index (χ2n) is 4.26. The Morgan fingerprint density at radius 2 is 1.67 bits per heavy atom. The van der Waals surface area contributed by atoms with Crippen molar-refractivity contribution in [1.29, 1.82) is 0 Å². The van der Waals surface area contributed by atoms with Crippen molar-refractivity contribution in [2.24, 2.45) is 7.05 Å². The number of carboxylic acids is 1. The molecule has 0 aliphatic carbocycles. The molecule has 1 heterocycles. The van der Waals surface area contributed by atoms with E-state index in [2.05, 4.69) is 36.0 Å². The molecule has 1 aromatic heterocycles. The second-order valence-corrected chi connectivity index (χ2v) is 6.77.